The van der Waals surface area contributed by atoms with Gasteiger partial charge in [0.15, 0.2) is 0 Å². The summed E-state index contributed by atoms with van der Waals surface area (Å²) in [4.78, 5) is 36.5. The van der Waals surface area contributed by atoms with E-state index in [0.29, 0.717) is 12.1 Å². The Balaban J connectivity index is 1.31. The van der Waals surface area contributed by atoms with Gasteiger partial charge in [0.2, 0.25) is 11.8 Å². The molecule has 0 saturated carbocycles. The first-order valence-corrected chi connectivity index (χ1v) is 12.7. The number of benzene rings is 2. The summed E-state index contributed by atoms with van der Waals surface area (Å²) in [5, 5.41) is 11.3. The molecule has 1 fully saturated rings. The van der Waals surface area contributed by atoms with Crippen LogP contribution in [0.1, 0.15) is 53.6 Å². The van der Waals surface area contributed by atoms with E-state index in [-0.39, 0.29) is 41.9 Å². The molecule has 2 amide bonds. The van der Waals surface area contributed by atoms with Gasteiger partial charge >= 0.3 is 5.97 Å². The first-order chi connectivity index (χ1) is 16.3. The molecular formula is C25H29FN2O5S. The van der Waals surface area contributed by atoms with Crippen LogP contribution >= 0.6 is 0 Å². The van der Waals surface area contributed by atoms with Crippen LogP contribution in [0.5, 0.6) is 0 Å². The van der Waals surface area contributed by atoms with Gasteiger partial charge in [0.25, 0.3) is 0 Å². The Hall–Kier alpha value is -3.07. The minimum absolute atomic E-state index is 0.113. The van der Waals surface area contributed by atoms with Crippen molar-refractivity contribution in [3.05, 3.63) is 71.0 Å². The van der Waals surface area contributed by atoms with Gasteiger partial charge in [0, 0.05) is 17.3 Å². The van der Waals surface area contributed by atoms with E-state index in [0.717, 1.165) is 37.7 Å². The van der Waals surface area contributed by atoms with Crippen LogP contribution in [0.2, 0.25) is 0 Å². The van der Waals surface area contributed by atoms with Crippen molar-refractivity contribution >= 4 is 28.6 Å². The quantitative estimate of drug-likeness (QED) is 0.333. The van der Waals surface area contributed by atoms with Gasteiger partial charge in [0.05, 0.1) is 17.7 Å². The highest BCUT2D eigenvalue weighted by Crippen LogP contribution is 2.24. The number of amides is 2. The van der Waals surface area contributed by atoms with Crippen LogP contribution in [0.4, 0.5) is 4.39 Å². The van der Waals surface area contributed by atoms with Crippen LogP contribution in [0, 0.1) is 5.82 Å². The van der Waals surface area contributed by atoms with Gasteiger partial charge in [-0.15, -0.1) is 0 Å². The lowest BCUT2D eigenvalue weighted by molar-refractivity contribution is -0.145. The largest absolute Gasteiger partial charge is 0.478 e. The van der Waals surface area contributed by atoms with E-state index in [1.54, 1.807) is 24.3 Å². The standard InChI is InChI=1S/C25H29FN2O5S/c26-21-12-8-18(9-13-21)5-3-1-2-4-14-27-22(29)16-28-23(30)15-24(28)34(33)17-19-6-10-20(11-7-19)25(31)32/h6-13,24H,1-5,14-17H2,(H,27,29)(H,31,32). The van der Waals surface area contributed by atoms with E-state index in [2.05, 4.69) is 5.32 Å². The second-order valence-corrected chi connectivity index (χ2v) is 9.94. The second-order valence-electron chi connectivity index (χ2n) is 8.35. The molecule has 0 aromatic heterocycles. The highest BCUT2D eigenvalue weighted by molar-refractivity contribution is 7.85. The molecule has 2 aromatic rings. The van der Waals surface area contributed by atoms with Gasteiger partial charge in [-0.05, 0) is 54.7 Å². The summed E-state index contributed by atoms with van der Waals surface area (Å²) in [6.07, 6.45) is 4.82. The molecule has 1 saturated heterocycles. The second kappa shape index (κ2) is 12.4. The number of nitrogens with zero attached hydrogens (tertiary/aromatic N) is 1. The third kappa shape index (κ3) is 7.48. The maximum absolute atomic E-state index is 12.9. The average molecular weight is 489 g/mol. The number of nitrogens with one attached hydrogen (secondary N) is 1. The van der Waals surface area contributed by atoms with Crippen LogP contribution in [-0.4, -0.2) is 50.5 Å². The number of hydrogen-bond acceptors (Lipinski definition) is 4. The van der Waals surface area contributed by atoms with Crippen molar-refractivity contribution in [1.29, 1.82) is 0 Å². The molecule has 2 aromatic carbocycles. The Morgan fingerprint density at radius 3 is 2.29 bits per heavy atom. The predicted molar refractivity (Wildman–Crippen MR) is 127 cm³/mol. The maximum atomic E-state index is 12.9. The molecule has 1 aliphatic rings. The maximum Gasteiger partial charge on any atom is 0.335 e. The van der Waals surface area contributed by atoms with Crippen molar-refractivity contribution < 1.29 is 28.1 Å². The zero-order chi connectivity index (χ0) is 24.5. The van der Waals surface area contributed by atoms with E-state index >= 15 is 0 Å². The van der Waals surface area contributed by atoms with Crippen LogP contribution in [0.15, 0.2) is 48.5 Å². The van der Waals surface area contributed by atoms with E-state index in [9.17, 15) is 23.0 Å². The number of carboxylic acids is 1. The molecule has 2 N–H and O–H groups in total. The number of carbonyl (C=O) groups is 3. The summed E-state index contributed by atoms with van der Waals surface area (Å²) >= 11 is 0. The van der Waals surface area contributed by atoms with Gasteiger partial charge in [-0.2, -0.15) is 0 Å². The monoisotopic (exact) mass is 488 g/mol. The number of aromatic carboxylic acids is 1. The molecule has 9 heteroatoms. The molecule has 2 unspecified atom stereocenters. The van der Waals surface area contributed by atoms with Crippen LogP contribution in [0.25, 0.3) is 0 Å². The number of β-lactam (4-membered cyclic amide) rings is 1. The average Bonchev–Trinajstić information content (AvgIpc) is 2.81. The van der Waals surface area contributed by atoms with Gasteiger partial charge in [-0.25, -0.2) is 9.18 Å². The number of rotatable bonds is 13. The fourth-order valence-corrected chi connectivity index (χ4v) is 5.27. The lowest BCUT2D eigenvalue weighted by atomic mass is 10.1. The van der Waals surface area contributed by atoms with Gasteiger partial charge in [-0.1, -0.05) is 37.1 Å². The summed E-state index contributed by atoms with van der Waals surface area (Å²) in [5.74, 6) is -1.54. The molecule has 3 rings (SSSR count). The molecule has 0 radical (unpaired) electrons. The van der Waals surface area contributed by atoms with E-state index < -0.39 is 22.1 Å². The predicted octanol–water partition coefficient (Wildman–Crippen LogP) is 3.25. The van der Waals surface area contributed by atoms with Crippen molar-refractivity contribution in [3.63, 3.8) is 0 Å². The Morgan fingerprint density at radius 1 is 1.00 bits per heavy atom. The van der Waals surface area contributed by atoms with Gasteiger partial charge < -0.3 is 15.3 Å². The van der Waals surface area contributed by atoms with Crippen LogP contribution < -0.4 is 5.32 Å². The third-order valence-corrected chi connectivity index (χ3v) is 7.42. The summed E-state index contributed by atoms with van der Waals surface area (Å²) in [5.41, 5.74) is 1.98. The highest BCUT2D eigenvalue weighted by Gasteiger charge is 2.41. The first kappa shape index (κ1) is 25.6. The molecule has 1 aliphatic heterocycles. The molecule has 0 bridgehead atoms. The minimum Gasteiger partial charge on any atom is -0.478 e. The molecule has 34 heavy (non-hydrogen) atoms. The van der Waals surface area contributed by atoms with E-state index in [1.807, 2.05) is 0 Å². The third-order valence-electron chi connectivity index (χ3n) is 5.77. The lowest BCUT2D eigenvalue weighted by Crippen LogP contribution is -2.57. The normalized spacial score (nSPS) is 16.1. The number of carboxylic acid groups (broad SMARTS) is 1. The van der Waals surface area contributed by atoms with Gasteiger partial charge in [0.1, 0.15) is 17.7 Å². The van der Waals surface area contributed by atoms with Crippen LogP contribution in [0.3, 0.4) is 0 Å². The number of aryl methyl sites for hydroxylation is 1. The lowest BCUT2D eigenvalue weighted by Gasteiger charge is -2.39. The summed E-state index contributed by atoms with van der Waals surface area (Å²) in [6.45, 7) is 0.402. The molecule has 0 spiro atoms. The number of carbonyl (C=O) groups excluding carboxylic acids is 2. The van der Waals surface area contributed by atoms with Crippen molar-refractivity contribution in [2.75, 3.05) is 13.1 Å². The van der Waals surface area contributed by atoms with Crippen molar-refractivity contribution in [2.24, 2.45) is 0 Å². The van der Waals surface area contributed by atoms with Crippen LogP contribution in [-0.2, 0) is 32.6 Å². The zero-order valence-electron chi connectivity index (χ0n) is 18.9. The SMILES string of the molecule is O=C(CN1C(=O)CC1S(=O)Cc1ccc(C(=O)O)cc1)NCCCCCCc1ccc(F)cc1. The molecule has 7 nitrogen and oxygen atoms in total. The highest BCUT2D eigenvalue weighted by atomic mass is 32.2. The Labute approximate surface area is 200 Å². The Kier molecular flexibility index (Phi) is 9.33. The smallest absolute Gasteiger partial charge is 0.335 e. The molecule has 1 heterocycles. The number of hydrogen-bond donors (Lipinski definition) is 2. The van der Waals surface area contributed by atoms with Gasteiger partial charge in [-0.3, -0.25) is 13.8 Å². The topological polar surface area (TPSA) is 104 Å². The van der Waals surface area contributed by atoms with E-state index in [4.69, 9.17) is 5.11 Å². The summed E-state index contributed by atoms with van der Waals surface area (Å²) in [7, 11) is -1.39. The van der Waals surface area contributed by atoms with Crippen molar-refractivity contribution in [3.8, 4) is 0 Å². The fraction of sp³-hybridized carbons (Fsp3) is 0.400. The molecular weight excluding hydrogens is 459 g/mol. The molecule has 182 valence electrons. The molecule has 0 aliphatic carbocycles. The minimum atomic E-state index is -1.39. The number of halogens is 1. The van der Waals surface area contributed by atoms with Crippen molar-refractivity contribution in [1.82, 2.24) is 10.2 Å². The first-order valence-electron chi connectivity index (χ1n) is 11.3. The van der Waals surface area contributed by atoms with Crippen molar-refractivity contribution in [2.45, 2.75) is 49.7 Å². The fourth-order valence-electron chi connectivity index (χ4n) is 3.75. The van der Waals surface area contributed by atoms with E-state index in [1.165, 1.54) is 29.2 Å². The zero-order valence-corrected chi connectivity index (χ0v) is 19.7. The summed E-state index contributed by atoms with van der Waals surface area (Å²) in [6, 6.07) is 12.6. The number of unbranched alkanes of at least 4 members (excludes halogenated alkanes) is 3. The molecule has 2 atom stereocenters. The summed E-state index contributed by atoms with van der Waals surface area (Å²) < 4.78 is 25.6. The Bertz CT molecular complexity index is 1030. The Morgan fingerprint density at radius 2 is 1.65 bits per heavy atom. The number of likely N-dealkylation sites (tertiary alicyclic amines) is 1.